The van der Waals surface area contributed by atoms with Crippen molar-refractivity contribution >= 4 is 0 Å². The van der Waals surface area contributed by atoms with Crippen molar-refractivity contribution in [2.24, 2.45) is 0 Å². The van der Waals surface area contributed by atoms with Crippen molar-refractivity contribution in [3.05, 3.63) is 53.6 Å². The van der Waals surface area contributed by atoms with Gasteiger partial charge in [-0.05, 0) is 37.1 Å². The van der Waals surface area contributed by atoms with E-state index < -0.39 is 6.10 Å². The van der Waals surface area contributed by atoms with Crippen LogP contribution in [-0.2, 0) is 6.54 Å². The third-order valence-electron chi connectivity index (χ3n) is 3.12. The van der Waals surface area contributed by atoms with Gasteiger partial charge in [0.15, 0.2) is 0 Å². The van der Waals surface area contributed by atoms with Gasteiger partial charge in [0.05, 0.1) is 18.8 Å². The fraction of sp³-hybridized carbons (Fsp3) is 0.400. The zero-order valence-electron chi connectivity index (χ0n) is 11.8. The summed E-state index contributed by atoms with van der Waals surface area (Å²) in [6.07, 6.45) is 3.07. The molecule has 0 radical (unpaired) electrons. The Morgan fingerprint density at radius 2 is 2.25 bits per heavy atom. The molecule has 0 spiro atoms. The van der Waals surface area contributed by atoms with E-state index in [9.17, 15) is 9.50 Å². The molecule has 2 aromatic rings. The summed E-state index contributed by atoms with van der Waals surface area (Å²) in [6.45, 7) is 5.12. The number of hydrogen-bond acceptors (Lipinski definition) is 3. The third kappa shape index (κ3) is 4.15. The van der Waals surface area contributed by atoms with E-state index in [-0.39, 0.29) is 11.9 Å². The minimum Gasteiger partial charge on any atom is -0.387 e. The highest BCUT2D eigenvalue weighted by atomic mass is 19.1. The second-order valence-electron chi connectivity index (χ2n) is 5.12. The van der Waals surface area contributed by atoms with E-state index in [0.29, 0.717) is 12.1 Å². The molecule has 0 aliphatic heterocycles. The van der Waals surface area contributed by atoms with E-state index in [1.807, 2.05) is 30.9 Å². The average Bonchev–Trinajstić information content (AvgIpc) is 2.81. The van der Waals surface area contributed by atoms with Crippen molar-refractivity contribution in [2.45, 2.75) is 32.5 Å². The summed E-state index contributed by atoms with van der Waals surface area (Å²) in [5, 5.41) is 17.5. The molecule has 1 aromatic heterocycles. The van der Waals surface area contributed by atoms with Crippen molar-refractivity contribution in [1.29, 1.82) is 0 Å². The van der Waals surface area contributed by atoms with Gasteiger partial charge in [0.2, 0.25) is 0 Å². The first-order valence-electron chi connectivity index (χ1n) is 6.70. The summed E-state index contributed by atoms with van der Waals surface area (Å²) < 4.78 is 14.9. The van der Waals surface area contributed by atoms with E-state index in [1.54, 1.807) is 12.1 Å². The van der Waals surface area contributed by atoms with Gasteiger partial charge in [-0.1, -0.05) is 12.1 Å². The van der Waals surface area contributed by atoms with Gasteiger partial charge in [0.1, 0.15) is 5.82 Å². The Kier molecular flexibility index (Phi) is 4.87. The number of nitrogens with zero attached hydrogens (tertiary/aromatic N) is 2. The number of rotatable bonds is 6. The lowest BCUT2D eigenvalue weighted by Gasteiger charge is -2.17. The van der Waals surface area contributed by atoms with Crippen LogP contribution in [0.4, 0.5) is 4.39 Å². The molecule has 0 saturated heterocycles. The normalized spacial score (nSPS) is 14.2. The van der Waals surface area contributed by atoms with E-state index in [4.69, 9.17) is 0 Å². The third-order valence-corrected chi connectivity index (χ3v) is 3.12. The molecule has 4 nitrogen and oxygen atoms in total. The lowest BCUT2D eigenvalue weighted by molar-refractivity contribution is 0.168. The molecule has 2 atom stereocenters. The highest BCUT2D eigenvalue weighted by Gasteiger charge is 2.10. The first-order valence-corrected chi connectivity index (χ1v) is 6.70. The van der Waals surface area contributed by atoms with E-state index in [1.165, 1.54) is 12.1 Å². The highest BCUT2D eigenvalue weighted by molar-refractivity contribution is 5.18. The Morgan fingerprint density at radius 3 is 2.90 bits per heavy atom. The van der Waals surface area contributed by atoms with Gasteiger partial charge >= 0.3 is 0 Å². The Bertz CT molecular complexity index is 556. The largest absolute Gasteiger partial charge is 0.387 e. The van der Waals surface area contributed by atoms with Crippen LogP contribution in [0.1, 0.15) is 24.2 Å². The van der Waals surface area contributed by atoms with Crippen LogP contribution in [0, 0.1) is 12.7 Å². The molecular weight excluding hydrogens is 257 g/mol. The van der Waals surface area contributed by atoms with Crippen LogP contribution in [0.15, 0.2) is 36.7 Å². The molecule has 1 heterocycles. The summed E-state index contributed by atoms with van der Waals surface area (Å²) in [5.41, 5.74) is 1.71. The lowest BCUT2D eigenvalue weighted by atomic mass is 10.1. The number of halogens is 1. The molecule has 0 unspecified atom stereocenters. The van der Waals surface area contributed by atoms with Crippen LogP contribution in [0.2, 0.25) is 0 Å². The average molecular weight is 277 g/mol. The Morgan fingerprint density at radius 1 is 1.45 bits per heavy atom. The highest BCUT2D eigenvalue weighted by Crippen LogP contribution is 2.13. The second-order valence-corrected chi connectivity index (χ2v) is 5.12. The molecule has 2 N–H and O–H groups in total. The Balaban J connectivity index is 1.82. The molecule has 0 aliphatic carbocycles. The second kappa shape index (κ2) is 6.63. The van der Waals surface area contributed by atoms with E-state index in [0.717, 1.165) is 12.1 Å². The number of aliphatic hydroxyl groups is 1. The van der Waals surface area contributed by atoms with Crippen LogP contribution < -0.4 is 5.32 Å². The van der Waals surface area contributed by atoms with Crippen LogP contribution in [0.3, 0.4) is 0 Å². The predicted molar refractivity (Wildman–Crippen MR) is 75.8 cm³/mol. The first kappa shape index (κ1) is 14.7. The fourth-order valence-corrected chi connectivity index (χ4v) is 2.06. The number of aromatic nitrogens is 2. The maximum Gasteiger partial charge on any atom is 0.123 e. The lowest BCUT2D eigenvalue weighted by Crippen LogP contribution is -2.33. The van der Waals surface area contributed by atoms with E-state index >= 15 is 0 Å². The minimum absolute atomic E-state index is 0.164. The molecule has 20 heavy (non-hydrogen) atoms. The molecule has 1 aromatic carbocycles. The zero-order valence-corrected chi connectivity index (χ0v) is 11.8. The topological polar surface area (TPSA) is 50.1 Å². The monoisotopic (exact) mass is 277 g/mol. The maximum absolute atomic E-state index is 13.1. The van der Waals surface area contributed by atoms with Crippen LogP contribution in [0.25, 0.3) is 0 Å². The van der Waals surface area contributed by atoms with Crippen molar-refractivity contribution < 1.29 is 9.50 Å². The van der Waals surface area contributed by atoms with Crippen LogP contribution in [0.5, 0.6) is 0 Å². The number of aliphatic hydroxyl groups excluding tert-OH is 1. The summed E-state index contributed by atoms with van der Waals surface area (Å²) >= 11 is 0. The summed E-state index contributed by atoms with van der Waals surface area (Å²) in [6, 6.07) is 6.21. The van der Waals surface area contributed by atoms with Gasteiger partial charge in [-0.25, -0.2) is 4.39 Å². The molecule has 5 heteroatoms. The van der Waals surface area contributed by atoms with E-state index in [2.05, 4.69) is 10.4 Å². The van der Waals surface area contributed by atoms with Crippen molar-refractivity contribution in [3.63, 3.8) is 0 Å². The predicted octanol–water partition coefficient (Wildman–Crippen LogP) is 2.04. The Labute approximate surface area is 118 Å². The van der Waals surface area contributed by atoms with Crippen LogP contribution >= 0.6 is 0 Å². The first-order chi connectivity index (χ1) is 9.54. The molecule has 2 rings (SSSR count). The van der Waals surface area contributed by atoms with Gasteiger partial charge in [0.25, 0.3) is 0 Å². The summed E-state index contributed by atoms with van der Waals surface area (Å²) in [7, 11) is 0. The van der Waals surface area contributed by atoms with Gasteiger partial charge in [-0.3, -0.25) is 4.68 Å². The minimum atomic E-state index is -0.715. The van der Waals surface area contributed by atoms with Gasteiger partial charge in [-0.15, -0.1) is 0 Å². The molecular formula is C15H20FN3O. The fourth-order valence-electron chi connectivity index (χ4n) is 2.06. The summed E-state index contributed by atoms with van der Waals surface area (Å²) in [4.78, 5) is 0. The SMILES string of the molecule is Cc1cnn(C[C@@H](C)NC[C@H](O)c2cccc(F)c2)c1. The van der Waals surface area contributed by atoms with Crippen molar-refractivity contribution in [1.82, 2.24) is 15.1 Å². The molecule has 0 bridgehead atoms. The summed E-state index contributed by atoms with van der Waals surface area (Å²) in [5.74, 6) is -0.332. The van der Waals surface area contributed by atoms with Crippen molar-refractivity contribution in [2.75, 3.05) is 6.54 Å². The molecule has 108 valence electrons. The number of benzene rings is 1. The molecule has 0 aliphatic rings. The van der Waals surface area contributed by atoms with Gasteiger partial charge < -0.3 is 10.4 Å². The quantitative estimate of drug-likeness (QED) is 0.849. The van der Waals surface area contributed by atoms with Gasteiger partial charge in [-0.2, -0.15) is 5.10 Å². The molecule has 0 fully saturated rings. The molecule has 0 saturated carbocycles. The molecule has 0 amide bonds. The Hall–Kier alpha value is -1.72. The number of nitrogens with one attached hydrogen (secondary N) is 1. The number of hydrogen-bond donors (Lipinski definition) is 2. The smallest absolute Gasteiger partial charge is 0.123 e. The van der Waals surface area contributed by atoms with Crippen LogP contribution in [-0.4, -0.2) is 27.5 Å². The number of aryl methyl sites for hydroxylation is 1. The van der Waals surface area contributed by atoms with Gasteiger partial charge in [0, 0.05) is 18.8 Å². The standard InChI is InChI=1S/C15H20FN3O/c1-11-7-18-19(9-11)10-12(2)17-8-15(20)13-4-3-5-14(16)6-13/h3-7,9,12,15,17,20H,8,10H2,1-2H3/t12-,15+/m1/s1. The zero-order chi connectivity index (χ0) is 14.5. The van der Waals surface area contributed by atoms with Crippen molar-refractivity contribution in [3.8, 4) is 0 Å². The maximum atomic E-state index is 13.1.